The maximum absolute atomic E-state index is 5.25. The molecule has 2 aromatic carbocycles. The van der Waals surface area contributed by atoms with Crippen molar-refractivity contribution in [1.82, 2.24) is 9.97 Å². The number of rotatable bonds is 8. The molecule has 0 spiro atoms. The molecular weight excluding hydrogens is 338 g/mol. The predicted octanol–water partition coefficient (Wildman–Crippen LogP) is 4.82. The SMILES string of the molecule is CCN(CC)c1ccc(Nc2nccc(Nc3cccc(OC)c3)n2)cc1. The lowest BCUT2D eigenvalue weighted by Crippen LogP contribution is -2.21. The normalized spacial score (nSPS) is 10.3. The minimum atomic E-state index is 0.540. The zero-order chi connectivity index (χ0) is 19.1. The van der Waals surface area contributed by atoms with Crippen LogP contribution in [0.2, 0.25) is 0 Å². The molecule has 3 aromatic rings. The summed E-state index contributed by atoms with van der Waals surface area (Å²) in [4.78, 5) is 11.1. The first-order chi connectivity index (χ1) is 13.2. The summed E-state index contributed by atoms with van der Waals surface area (Å²) in [6, 6.07) is 17.8. The van der Waals surface area contributed by atoms with Crippen LogP contribution in [-0.2, 0) is 0 Å². The van der Waals surface area contributed by atoms with Crippen molar-refractivity contribution in [3.63, 3.8) is 0 Å². The highest BCUT2D eigenvalue weighted by Gasteiger charge is 2.04. The number of aromatic nitrogens is 2. The Morgan fingerprint density at radius 2 is 1.70 bits per heavy atom. The molecule has 0 aliphatic rings. The summed E-state index contributed by atoms with van der Waals surface area (Å²) >= 11 is 0. The molecule has 6 heteroatoms. The Morgan fingerprint density at radius 1 is 0.926 bits per heavy atom. The third-order valence-corrected chi connectivity index (χ3v) is 4.25. The smallest absolute Gasteiger partial charge is 0.229 e. The van der Waals surface area contributed by atoms with E-state index in [0.29, 0.717) is 11.8 Å². The van der Waals surface area contributed by atoms with Gasteiger partial charge in [-0.1, -0.05) is 6.07 Å². The highest BCUT2D eigenvalue weighted by Crippen LogP contribution is 2.22. The number of hydrogen-bond donors (Lipinski definition) is 2. The molecule has 2 N–H and O–H groups in total. The van der Waals surface area contributed by atoms with Crippen molar-refractivity contribution in [2.75, 3.05) is 35.7 Å². The van der Waals surface area contributed by atoms with Crippen molar-refractivity contribution in [1.29, 1.82) is 0 Å². The summed E-state index contributed by atoms with van der Waals surface area (Å²) in [5.74, 6) is 2.04. The maximum Gasteiger partial charge on any atom is 0.229 e. The first-order valence-electron chi connectivity index (χ1n) is 9.08. The van der Waals surface area contributed by atoms with Crippen molar-refractivity contribution in [2.45, 2.75) is 13.8 Å². The largest absolute Gasteiger partial charge is 0.497 e. The van der Waals surface area contributed by atoms with Crippen LogP contribution in [0.3, 0.4) is 0 Å². The van der Waals surface area contributed by atoms with Crippen molar-refractivity contribution >= 4 is 28.8 Å². The Hall–Kier alpha value is -3.28. The lowest BCUT2D eigenvalue weighted by atomic mass is 10.2. The van der Waals surface area contributed by atoms with E-state index in [1.165, 1.54) is 5.69 Å². The lowest BCUT2D eigenvalue weighted by Gasteiger charge is -2.21. The van der Waals surface area contributed by atoms with E-state index < -0.39 is 0 Å². The molecule has 0 unspecified atom stereocenters. The first-order valence-corrected chi connectivity index (χ1v) is 9.08. The van der Waals surface area contributed by atoms with Gasteiger partial charge in [-0.3, -0.25) is 0 Å². The molecule has 0 aliphatic heterocycles. The van der Waals surface area contributed by atoms with Gasteiger partial charge in [0, 0.05) is 42.4 Å². The molecule has 0 fully saturated rings. The zero-order valence-corrected chi connectivity index (χ0v) is 15.9. The number of nitrogens with zero attached hydrogens (tertiary/aromatic N) is 3. The van der Waals surface area contributed by atoms with E-state index >= 15 is 0 Å². The number of benzene rings is 2. The highest BCUT2D eigenvalue weighted by molar-refractivity contribution is 5.62. The molecule has 0 atom stereocenters. The second kappa shape index (κ2) is 8.89. The van der Waals surface area contributed by atoms with Crippen LogP contribution in [0.1, 0.15) is 13.8 Å². The maximum atomic E-state index is 5.25. The Kier molecular flexibility index (Phi) is 6.10. The molecular formula is C21H25N5O. The number of ether oxygens (including phenoxy) is 1. The van der Waals surface area contributed by atoms with Gasteiger partial charge in [-0.2, -0.15) is 4.98 Å². The predicted molar refractivity (Wildman–Crippen MR) is 112 cm³/mol. The van der Waals surface area contributed by atoms with Crippen LogP contribution >= 0.6 is 0 Å². The van der Waals surface area contributed by atoms with Crippen LogP contribution in [-0.4, -0.2) is 30.2 Å². The van der Waals surface area contributed by atoms with Crippen LogP contribution in [0.15, 0.2) is 60.8 Å². The van der Waals surface area contributed by atoms with E-state index in [1.807, 2.05) is 42.5 Å². The van der Waals surface area contributed by atoms with Gasteiger partial charge in [-0.05, 0) is 56.3 Å². The molecule has 0 radical (unpaired) electrons. The summed E-state index contributed by atoms with van der Waals surface area (Å²) in [5.41, 5.74) is 3.06. The quantitative estimate of drug-likeness (QED) is 0.598. The second-order valence-electron chi connectivity index (χ2n) is 5.97. The van der Waals surface area contributed by atoms with E-state index in [2.05, 4.69) is 51.5 Å². The van der Waals surface area contributed by atoms with Crippen LogP contribution in [0.5, 0.6) is 5.75 Å². The van der Waals surface area contributed by atoms with Gasteiger partial charge >= 0.3 is 0 Å². The number of anilines is 5. The summed E-state index contributed by atoms with van der Waals surface area (Å²) < 4.78 is 5.25. The standard InChI is InChI=1S/C21H25N5O/c1-4-26(5-2)18-11-9-16(10-12-18)24-21-22-14-13-20(25-21)23-17-7-6-8-19(15-17)27-3/h6-15H,4-5H2,1-3H3,(H2,22,23,24,25). The summed E-state index contributed by atoms with van der Waals surface area (Å²) in [7, 11) is 1.65. The van der Waals surface area contributed by atoms with Crippen LogP contribution in [0.25, 0.3) is 0 Å². The van der Waals surface area contributed by atoms with E-state index in [-0.39, 0.29) is 0 Å². The van der Waals surface area contributed by atoms with Gasteiger partial charge in [-0.15, -0.1) is 0 Å². The third kappa shape index (κ3) is 4.88. The average molecular weight is 363 g/mol. The van der Waals surface area contributed by atoms with Gasteiger partial charge in [-0.25, -0.2) is 4.98 Å². The number of methoxy groups -OCH3 is 1. The fourth-order valence-corrected chi connectivity index (χ4v) is 2.81. The first kappa shape index (κ1) is 18.5. The lowest BCUT2D eigenvalue weighted by molar-refractivity contribution is 0.415. The Bertz CT molecular complexity index is 862. The van der Waals surface area contributed by atoms with Crippen molar-refractivity contribution in [3.8, 4) is 5.75 Å². The van der Waals surface area contributed by atoms with Crippen molar-refractivity contribution in [3.05, 3.63) is 60.8 Å². The molecule has 0 saturated heterocycles. The van der Waals surface area contributed by atoms with E-state index in [9.17, 15) is 0 Å². The number of nitrogens with one attached hydrogen (secondary N) is 2. The molecule has 27 heavy (non-hydrogen) atoms. The third-order valence-electron chi connectivity index (χ3n) is 4.25. The fraction of sp³-hybridized carbons (Fsp3) is 0.238. The molecule has 0 saturated carbocycles. The monoisotopic (exact) mass is 363 g/mol. The summed E-state index contributed by atoms with van der Waals surface area (Å²) in [5, 5.41) is 6.52. The minimum Gasteiger partial charge on any atom is -0.497 e. The molecule has 3 rings (SSSR count). The van der Waals surface area contributed by atoms with Gasteiger partial charge in [0.05, 0.1) is 7.11 Å². The van der Waals surface area contributed by atoms with Gasteiger partial charge in [0.1, 0.15) is 11.6 Å². The Labute approximate surface area is 160 Å². The van der Waals surface area contributed by atoms with Crippen molar-refractivity contribution < 1.29 is 4.74 Å². The summed E-state index contributed by atoms with van der Waals surface area (Å²) in [6.45, 7) is 6.30. The van der Waals surface area contributed by atoms with Gasteiger partial charge in [0.25, 0.3) is 0 Å². The second-order valence-corrected chi connectivity index (χ2v) is 5.97. The van der Waals surface area contributed by atoms with Gasteiger partial charge in [0.15, 0.2) is 0 Å². The van der Waals surface area contributed by atoms with Crippen molar-refractivity contribution in [2.24, 2.45) is 0 Å². The Balaban J connectivity index is 1.70. The molecule has 1 aromatic heterocycles. The van der Waals surface area contributed by atoms with Gasteiger partial charge in [0.2, 0.25) is 5.95 Å². The molecule has 0 aliphatic carbocycles. The average Bonchev–Trinajstić information content (AvgIpc) is 2.70. The molecule has 1 heterocycles. The number of hydrogen-bond acceptors (Lipinski definition) is 6. The summed E-state index contributed by atoms with van der Waals surface area (Å²) in [6.07, 6.45) is 1.72. The fourth-order valence-electron chi connectivity index (χ4n) is 2.81. The molecule has 6 nitrogen and oxygen atoms in total. The van der Waals surface area contributed by atoms with E-state index in [4.69, 9.17) is 4.74 Å². The van der Waals surface area contributed by atoms with Crippen LogP contribution in [0, 0.1) is 0 Å². The zero-order valence-electron chi connectivity index (χ0n) is 15.9. The van der Waals surface area contributed by atoms with E-state index in [1.54, 1.807) is 13.3 Å². The van der Waals surface area contributed by atoms with Crippen LogP contribution in [0.4, 0.5) is 28.8 Å². The minimum absolute atomic E-state index is 0.540. The van der Waals surface area contributed by atoms with Crippen LogP contribution < -0.4 is 20.3 Å². The highest BCUT2D eigenvalue weighted by atomic mass is 16.5. The molecule has 0 bridgehead atoms. The topological polar surface area (TPSA) is 62.3 Å². The molecule has 140 valence electrons. The van der Waals surface area contributed by atoms with Gasteiger partial charge < -0.3 is 20.3 Å². The van der Waals surface area contributed by atoms with E-state index in [0.717, 1.165) is 30.2 Å². The molecule has 0 amide bonds. The Morgan fingerprint density at radius 3 is 2.41 bits per heavy atom.